The first-order chi connectivity index (χ1) is 8.72. The van der Waals surface area contributed by atoms with E-state index in [1.807, 2.05) is 18.5 Å². The maximum Gasteiger partial charge on any atom is 0.146 e. The van der Waals surface area contributed by atoms with Gasteiger partial charge in [-0.2, -0.15) is 0 Å². The van der Waals surface area contributed by atoms with Crippen molar-refractivity contribution in [3.05, 3.63) is 11.6 Å². The van der Waals surface area contributed by atoms with Crippen molar-refractivity contribution in [1.82, 2.24) is 20.1 Å². The number of aryl methyl sites for hydroxylation is 1. The summed E-state index contributed by atoms with van der Waals surface area (Å²) < 4.78 is 2.01. The minimum atomic E-state index is 0.329. The van der Waals surface area contributed by atoms with Crippen molar-refractivity contribution in [3.63, 3.8) is 0 Å². The van der Waals surface area contributed by atoms with Crippen LogP contribution < -0.4 is 5.32 Å². The predicted molar refractivity (Wildman–Crippen MR) is 70.0 cm³/mol. The molecular weight excluding hydrogens is 228 g/mol. The van der Waals surface area contributed by atoms with E-state index in [9.17, 15) is 5.11 Å². The monoisotopic (exact) mass is 252 g/mol. The summed E-state index contributed by atoms with van der Waals surface area (Å²) >= 11 is 0. The van der Waals surface area contributed by atoms with Crippen LogP contribution in [0, 0.1) is 18.8 Å². The third-order valence-corrected chi connectivity index (χ3v) is 4.17. The van der Waals surface area contributed by atoms with Crippen molar-refractivity contribution >= 4 is 0 Å². The Hall–Kier alpha value is -0.940. The highest BCUT2D eigenvalue weighted by Crippen LogP contribution is 2.29. The molecule has 1 aromatic heterocycles. The summed E-state index contributed by atoms with van der Waals surface area (Å²) in [6.45, 7) is 4.01. The maximum atomic E-state index is 9.37. The van der Waals surface area contributed by atoms with Crippen molar-refractivity contribution in [2.75, 3.05) is 13.2 Å². The molecule has 18 heavy (non-hydrogen) atoms. The second kappa shape index (κ2) is 6.29. The lowest BCUT2D eigenvalue weighted by Gasteiger charge is -2.30. The lowest BCUT2D eigenvalue weighted by atomic mass is 9.79. The number of nitrogens with zero attached hydrogens (tertiary/aromatic N) is 3. The second-order valence-electron chi connectivity index (χ2n) is 5.34. The van der Waals surface area contributed by atoms with Crippen LogP contribution in [0.5, 0.6) is 0 Å². The van der Waals surface area contributed by atoms with Crippen LogP contribution in [0.25, 0.3) is 0 Å². The molecule has 0 radical (unpaired) electrons. The van der Waals surface area contributed by atoms with Crippen LogP contribution in [-0.4, -0.2) is 33.0 Å². The molecule has 1 heterocycles. The lowest BCUT2D eigenvalue weighted by Crippen LogP contribution is -2.32. The van der Waals surface area contributed by atoms with E-state index in [2.05, 4.69) is 15.5 Å². The molecule has 1 saturated carbocycles. The summed E-state index contributed by atoms with van der Waals surface area (Å²) in [6, 6.07) is 0. The fraction of sp³-hybridized carbons (Fsp3) is 0.846. The molecule has 1 aliphatic rings. The fourth-order valence-corrected chi connectivity index (χ4v) is 2.77. The minimum absolute atomic E-state index is 0.329. The number of aliphatic hydroxyl groups is 1. The van der Waals surface area contributed by atoms with Gasteiger partial charge >= 0.3 is 0 Å². The van der Waals surface area contributed by atoms with Gasteiger partial charge in [0.25, 0.3) is 0 Å². The van der Waals surface area contributed by atoms with E-state index in [1.165, 1.54) is 25.7 Å². The van der Waals surface area contributed by atoms with Gasteiger partial charge in [0.05, 0.1) is 6.54 Å². The molecule has 0 bridgehead atoms. The molecule has 1 fully saturated rings. The van der Waals surface area contributed by atoms with Gasteiger partial charge in [-0.1, -0.05) is 12.8 Å². The number of nitrogens with one attached hydrogen (secondary N) is 1. The maximum absolute atomic E-state index is 9.37. The first kappa shape index (κ1) is 13.5. The van der Waals surface area contributed by atoms with Crippen molar-refractivity contribution in [2.24, 2.45) is 18.9 Å². The van der Waals surface area contributed by atoms with E-state index in [0.717, 1.165) is 24.7 Å². The van der Waals surface area contributed by atoms with E-state index in [0.29, 0.717) is 18.4 Å². The zero-order valence-corrected chi connectivity index (χ0v) is 11.4. The second-order valence-corrected chi connectivity index (χ2v) is 5.34. The number of hydrogen-bond donors (Lipinski definition) is 2. The van der Waals surface area contributed by atoms with Gasteiger partial charge in [0.15, 0.2) is 0 Å². The highest BCUT2D eigenvalue weighted by atomic mass is 16.3. The first-order valence-corrected chi connectivity index (χ1v) is 6.88. The Morgan fingerprint density at radius 3 is 2.61 bits per heavy atom. The lowest BCUT2D eigenvalue weighted by molar-refractivity contribution is 0.133. The van der Waals surface area contributed by atoms with Crippen molar-refractivity contribution in [3.8, 4) is 0 Å². The average Bonchev–Trinajstić information content (AvgIpc) is 2.71. The standard InChI is InChI=1S/C13H24N4O/c1-10-15-16-13(17(10)2)8-14-7-11-5-3-4-6-12(11)9-18/h11-12,14,18H,3-9H2,1-2H3. The quantitative estimate of drug-likeness (QED) is 0.821. The van der Waals surface area contributed by atoms with Crippen LogP contribution in [0.15, 0.2) is 0 Å². The Kier molecular flexibility index (Phi) is 4.72. The third kappa shape index (κ3) is 3.09. The highest BCUT2D eigenvalue weighted by Gasteiger charge is 2.23. The summed E-state index contributed by atoms with van der Waals surface area (Å²) in [5.74, 6) is 3.01. The highest BCUT2D eigenvalue weighted by molar-refractivity contribution is 4.92. The van der Waals surface area contributed by atoms with Crippen molar-refractivity contribution < 1.29 is 5.11 Å². The van der Waals surface area contributed by atoms with Crippen LogP contribution in [0.1, 0.15) is 37.3 Å². The Labute approximate surface area is 109 Å². The minimum Gasteiger partial charge on any atom is -0.396 e. The molecule has 0 spiro atoms. The van der Waals surface area contributed by atoms with E-state index >= 15 is 0 Å². The Morgan fingerprint density at radius 1 is 1.28 bits per heavy atom. The summed E-state index contributed by atoms with van der Waals surface area (Å²) in [7, 11) is 1.99. The van der Waals surface area contributed by atoms with E-state index < -0.39 is 0 Å². The van der Waals surface area contributed by atoms with Gasteiger partial charge in [-0.15, -0.1) is 10.2 Å². The molecule has 102 valence electrons. The zero-order valence-electron chi connectivity index (χ0n) is 11.4. The molecule has 0 aliphatic heterocycles. The third-order valence-electron chi connectivity index (χ3n) is 4.17. The molecule has 1 aromatic rings. The number of hydrogen-bond acceptors (Lipinski definition) is 4. The van der Waals surface area contributed by atoms with E-state index in [4.69, 9.17) is 0 Å². The predicted octanol–water partition coefficient (Wildman–Crippen LogP) is 1.01. The van der Waals surface area contributed by atoms with E-state index in [1.54, 1.807) is 0 Å². The Morgan fingerprint density at radius 2 is 2.00 bits per heavy atom. The largest absolute Gasteiger partial charge is 0.396 e. The van der Waals surface area contributed by atoms with Gasteiger partial charge in [0.1, 0.15) is 11.6 Å². The summed E-state index contributed by atoms with van der Waals surface area (Å²) in [5, 5.41) is 21.0. The molecule has 2 N–H and O–H groups in total. The van der Waals surface area contributed by atoms with Crippen LogP contribution in [0.3, 0.4) is 0 Å². The van der Waals surface area contributed by atoms with Gasteiger partial charge < -0.3 is 15.0 Å². The molecular formula is C13H24N4O. The van der Waals surface area contributed by atoms with Crippen LogP contribution in [0.4, 0.5) is 0 Å². The molecule has 2 unspecified atom stereocenters. The molecule has 0 amide bonds. The zero-order chi connectivity index (χ0) is 13.0. The molecule has 0 aromatic carbocycles. The molecule has 2 rings (SSSR count). The molecule has 1 aliphatic carbocycles. The summed E-state index contributed by atoms with van der Waals surface area (Å²) in [4.78, 5) is 0. The SMILES string of the molecule is Cc1nnc(CNCC2CCCCC2CO)n1C. The topological polar surface area (TPSA) is 63.0 Å². The van der Waals surface area contributed by atoms with Crippen molar-refractivity contribution in [1.29, 1.82) is 0 Å². The smallest absolute Gasteiger partial charge is 0.146 e. The molecule has 5 nitrogen and oxygen atoms in total. The van der Waals surface area contributed by atoms with Crippen LogP contribution in [-0.2, 0) is 13.6 Å². The molecule has 2 atom stereocenters. The first-order valence-electron chi connectivity index (χ1n) is 6.88. The fourth-order valence-electron chi connectivity index (χ4n) is 2.77. The normalized spacial score (nSPS) is 24.4. The van der Waals surface area contributed by atoms with Crippen molar-refractivity contribution in [2.45, 2.75) is 39.2 Å². The molecule has 0 saturated heterocycles. The van der Waals surface area contributed by atoms with Crippen LogP contribution >= 0.6 is 0 Å². The summed E-state index contributed by atoms with van der Waals surface area (Å²) in [6.07, 6.45) is 4.97. The van der Waals surface area contributed by atoms with Gasteiger partial charge in [-0.3, -0.25) is 0 Å². The summed E-state index contributed by atoms with van der Waals surface area (Å²) in [5.41, 5.74) is 0. The van der Waals surface area contributed by atoms with Crippen LogP contribution in [0.2, 0.25) is 0 Å². The van der Waals surface area contributed by atoms with Gasteiger partial charge in [-0.25, -0.2) is 0 Å². The van der Waals surface area contributed by atoms with Gasteiger partial charge in [-0.05, 0) is 38.1 Å². The van der Waals surface area contributed by atoms with Gasteiger partial charge in [0, 0.05) is 13.7 Å². The Bertz CT molecular complexity index is 377. The van der Waals surface area contributed by atoms with Gasteiger partial charge in [0.2, 0.25) is 0 Å². The number of rotatable bonds is 5. The molecule has 5 heteroatoms. The number of aliphatic hydroxyl groups excluding tert-OH is 1. The van der Waals surface area contributed by atoms with E-state index in [-0.39, 0.29) is 0 Å². The number of aromatic nitrogens is 3. The average molecular weight is 252 g/mol. The Balaban J connectivity index is 1.79.